The molecule has 0 aliphatic carbocycles. The predicted molar refractivity (Wildman–Crippen MR) is 81.4 cm³/mol. The lowest BCUT2D eigenvalue weighted by molar-refractivity contribution is 0.629. The van der Waals surface area contributed by atoms with E-state index in [1.807, 2.05) is 12.5 Å². The van der Waals surface area contributed by atoms with Gasteiger partial charge in [-0.25, -0.2) is 4.98 Å². The normalized spacial score (nSPS) is 11.3. The molecular weight excluding hydrogens is 248 g/mol. The molecule has 2 aromatic heterocycles. The van der Waals surface area contributed by atoms with Gasteiger partial charge in [0, 0.05) is 36.4 Å². The second-order valence-electron chi connectivity index (χ2n) is 5.08. The third kappa shape index (κ3) is 2.23. The number of imidazole rings is 1. The van der Waals surface area contributed by atoms with Crippen molar-refractivity contribution in [1.29, 1.82) is 0 Å². The molecule has 0 fully saturated rings. The first-order valence-electron chi connectivity index (χ1n) is 7.09. The monoisotopic (exact) mass is 268 g/mol. The van der Waals surface area contributed by atoms with Gasteiger partial charge in [-0.1, -0.05) is 19.1 Å². The highest BCUT2D eigenvalue weighted by Crippen LogP contribution is 2.21. The molecule has 1 aromatic carbocycles. The summed E-state index contributed by atoms with van der Waals surface area (Å²) in [5, 5.41) is 1.25. The fourth-order valence-electron chi connectivity index (χ4n) is 2.70. The summed E-state index contributed by atoms with van der Waals surface area (Å²) >= 11 is 0. The van der Waals surface area contributed by atoms with Gasteiger partial charge in [-0.2, -0.15) is 0 Å². The summed E-state index contributed by atoms with van der Waals surface area (Å²) in [7, 11) is 0. The maximum atomic E-state index is 5.80. The van der Waals surface area contributed by atoms with Crippen LogP contribution in [-0.4, -0.2) is 14.1 Å². The topological polar surface area (TPSA) is 48.8 Å². The second-order valence-corrected chi connectivity index (χ2v) is 5.08. The Morgan fingerprint density at radius 1 is 1.20 bits per heavy atom. The molecule has 0 unspecified atom stereocenters. The van der Waals surface area contributed by atoms with Gasteiger partial charge in [-0.05, 0) is 24.1 Å². The molecule has 3 rings (SSSR count). The van der Waals surface area contributed by atoms with Crippen molar-refractivity contribution in [1.82, 2.24) is 14.1 Å². The summed E-state index contributed by atoms with van der Waals surface area (Å²) in [5.41, 5.74) is 9.47. The Balaban J connectivity index is 1.97. The fourth-order valence-corrected chi connectivity index (χ4v) is 2.70. The minimum Gasteiger partial charge on any atom is -0.341 e. The lowest BCUT2D eigenvalue weighted by Gasteiger charge is -2.09. The van der Waals surface area contributed by atoms with Gasteiger partial charge >= 0.3 is 0 Å². The first-order valence-corrected chi connectivity index (χ1v) is 7.09. The molecule has 0 radical (unpaired) electrons. The summed E-state index contributed by atoms with van der Waals surface area (Å²) in [4.78, 5) is 4.26. The first-order chi connectivity index (χ1) is 9.83. The Hall–Kier alpha value is -2.07. The number of hydrogen-bond acceptors (Lipinski definition) is 2. The van der Waals surface area contributed by atoms with Crippen molar-refractivity contribution in [3.63, 3.8) is 0 Å². The Labute approximate surface area is 118 Å². The van der Waals surface area contributed by atoms with Crippen molar-refractivity contribution in [3.8, 4) is 0 Å². The van der Waals surface area contributed by atoms with Crippen LogP contribution in [0.25, 0.3) is 10.9 Å². The van der Waals surface area contributed by atoms with Crippen LogP contribution in [-0.2, 0) is 19.6 Å². The standard InChI is InChI=1S/C16H20N4/c1-2-7-20-12-18-10-14(20)11-19-8-6-15-13(9-17)4-3-5-16(15)19/h3-6,8,10,12H,2,7,9,11,17H2,1H3. The number of fused-ring (bicyclic) bond motifs is 1. The zero-order chi connectivity index (χ0) is 13.9. The lowest BCUT2D eigenvalue weighted by atomic mass is 10.1. The number of benzene rings is 1. The van der Waals surface area contributed by atoms with Crippen LogP contribution in [0.5, 0.6) is 0 Å². The molecule has 0 atom stereocenters. The molecule has 4 nitrogen and oxygen atoms in total. The molecule has 2 heterocycles. The van der Waals surface area contributed by atoms with E-state index >= 15 is 0 Å². The third-order valence-corrected chi connectivity index (χ3v) is 3.72. The van der Waals surface area contributed by atoms with Crippen molar-refractivity contribution in [2.75, 3.05) is 0 Å². The number of aryl methyl sites for hydroxylation is 1. The van der Waals surface area contributed by atoms with Crippen LogP contribution in [0.1, 0.15) is 24.6 Å². The zero-order valence-corrected chi connectivity index (χ0v) is 11.8. The highest BCUT2D eigenvalue weighted by molar-refractivity contribution is 5.83. The van der Waals surface area contributed by atoms with Crippen LogP contribution in [0.4, 0.5) is 0 Å². The van der Waals surface area contributed by atoms with E-state index in [9.17, 15) is 0 Å². The average molecular weight is 268 g/mol. The molecule has 20 heavy (non-hydrogen) atoms. The second kappa shape index (κ2) is 5.51. The predicted octanol–water partition coefficient (Wildman–Crippen LogP) is 2.75. The molecule has 104 valence electrons. The van der Waals surface area contributed by atoms with E-state index < -0.39 is 0 Å². The number of aromatic nitrogens is 3. The van der Waals surface area contributed by atoms with Crippen molar-refractivity contribution in [2.24, 2.45) is 5.73 Å². The summed E-state index contributed by atoms with van der Waals surface area (Å²) in [6, 6.07) is 8.46. The summed E-state index contributed by atoms with van der Waals surface area (Å²) in [6.07, 6.45) is 7.12. The smallest absolute Gasteiger partial charge is 0.0948 e. The molecule has 2 N–H and O–H groups in total. The van der Waals surface area contributed by atoms with Crippen molar-refractivity contribution >= 4 is 10.9 Å². The maximum Gasteiger partial charge on any atom is 0.0948 e. The Morgan fingerprint density at radius 3 is 2.90 bits per heavy atom. The Morgan fingerprint density at radius 2 is 2.10 bits per heavy atom. The number of nitrogens with zero attached hydrogens (tertiary/aromatic N) is 3. The number of hydrogen-bond donors (Lipinski definition) is 1. The minimum atomic E-state index is 0.578. The fraction of sp³-hybridized carbons (Fsp3) is 0.312. The summed E-state index contributed by atoms with van der Waals surface area (Å²) in [6.45, 7) is 4.62. The molecule has 0 spiro atoms. The first kappa shape index (κ1) is 12.9. The molecular formula is C16H20N4. The SMILES string of the molecule is CCCn1cncc1Cn1ccc2c(CN)cccc21. The quantitative estimate of drug-likeness (QED) is 0.773. The zero-order valence-electron chi connectivity index (χ0n) is 11.8. The van der Waals surface area contributed by atoms with Gasteiger partial charge in [-0.15, -0.1) is 0 Å². The van der Waals surface area contributed by atoms with E-state index in [0.717, 1.165) is 19.5 Å². The molecule has 0 aliphatic heterocycles. The average Bonchev–Trinajstić information content (AvgIpc) is 3.07. The van der Waals surface area contributed by atoms with Crippen LogP contribution in [0.2, 0.25) is 0 Å². The van der Waals surface area contributed by atoms with Crippen LogP contribution in [0.3, 0.4) is 0 Å². The van der Waals surface area contributed by atoms with Gasteiger partial charge in [0.2, 0.25) is 0 Å². The molecule has 0 saturated carbocycles. The van der Waals surface area contributed by atoms with E-state index in [1.54, 1.807) is 0 Å². The summed E-state index contributed by atoms with van der Waals surface area (Å²) in [5.74, 6) is 0. The van der Waals surface area contributed by atoms with Crippen molar-refractivity contribution < 1.29 is 0 Å². The molecule has 0 amide bonds. The third-order valence-electron chi connectivity index (χ3n) is 3.72. The molecule has 0 saturated heterocycles. The van der Waals surface area contributed by atoms with Crippen LogP contribution in [0, 0.1) is 0 Å². The molecule has 3 aromatic rings. The van der Waals surface area contributed by atoms with E-state index in [0.29, 0.717) is 6.54 Å². The van der Waals surface area contributed by atoms with E-state index in [2.05, 4.69) is 51.5 Å². The van der Waals surface area contributed by atoms with Gasteiger partial charge in [0.1, 0.15) is 0 Å². The van der Waals surface area contributed by atoms with Crippen LogP contribution >= 0.6 is 0 Å². The van der Waals surface area contributed by atoms with E-state index in [-0.39, 0.29) is 0 Å². The largest absolute Gasteiger partial charge is 0.341 e. The van der Waals surface area contributed by atoms with Crippen LogP contribution < -0.4 is 5.73 Å². The maximum absolute atomic E-state index is 5.80. The van der Waals surface area contributed by atoms with Crippen molar-refractivity contribution in [3.05, 3.63) is 54.2 Å². The van der Waals surface area contributed by atoms with Gasteiger partial charge in [0.25, 0.3) is 0 Å². The highest BCUT2D eigenvalue weighted by atomic mass is 15.1. The Kier molecular flexibility index (Phi) is 3.56. The number of rotatable bonds is 5. The molecule has 4 heteroatoms. The van der Waals surface area contributed by atoms with Crippen molar-refractivity contribution in [2.45, 2.75) is 33.0 Å². The lowest BCUT2D eigenvalue weighted by Crippen LogP contribution is -2.06. The van der Waals surface area contributed by atoms with Gasteiger partial charge in [-0.3, -0.25) is 0 Å². The highest BCUT2D eigenvalue weighted by Gasteiger charge is 2.07. The van der Waals surface area contributed by atoms with Crippen LogP contribution in [0.15, 0.2) is 43.0 Å². The van der Waals surface area contributed by atoms with E-state index in [4.69, 9.17) is 5.73 Å². The summed E-state index contributed by atoms with van der Waals surface area (Å²) < 4.78 is 4.48. The molecule has 0 bridgehead atoms. The van der Waals surface area contributed by atoms with Gasteiger partial charge in [0.05, 0.1) is 18.6 Å². The van der Waals surface area contributed by atoms with E-state index in [1.165, 1.54) is 22.2 Å². The number of nitrogens with two attached hydrogens (primary N) is 1. The van der Waals surface area contributed by atoms with Gasteiger partial charge in [0.15, 0.2) is 0 Å². The minimum absolute atomic E-state index is 0.578. The Bertz CT molecular complexity index is 708. The molecule has 0 aliphatic rings. The van der Waals surface area contributed by atoms with Gasteiger partial charge < -0.3 is 14.9 Å².